The molecular weight excluding hydrogens is 291 g/mol. The van der Waals surface area contributed by atoms with Crippen LogP contribution in [0.1, 0.15) is 52.1 Å². The highest BCUT2D eigenvalue weighted by Crippen LogP contribution is 2.43. The largest absolute Gasteiger partial charge is 0.496 e. The molecule has 1 saturated carbocycles. The second-order valence-corrected chi connectivity index (χ2v) is 6.89. The number of halogens is 2. The lowest BCUT2D eigenvalue weighted by molar-refractivity contribution is -0.0506. The average molecular weight is 311 g/mol. The van der Waals surface area contributed by atoms with Crippen LogP contribution in [0.5, 0.6) is 5.75 Å². The van der Waals surface area contributed by atoms with Crippen LogP contribution in [0.25, 0.3) is 0 Å². The van der Waals surface area contributed by atoms with Crippen LogP contribution in [0, 0.1) is 0 Å². The van der Waals surface area contributed by atoms with Crippen molar-refractivity contribution in [1.82, 2.24) is 4.98 Å². The molecule has 7 heteroatoms. The van der Waals surface area contributed by atoms with Crippen molar-refractivity contribution in [2.75, 3.05) is 0 Å². The molecule has 1 aromatic heterocycles. The third-order valence-corrected chi connectivity index (χ3v) is 4.61. The third-order valence-electron chi connectivity index (χ3n) is 4.61. The summed E-state index contributed by atoms with van der Waals surface area (Å²) >= 11 is 0. The SMILES string of the molecule is CC1(C)OB(c2cnc(C3CC3)c(OC(F)F)c2)OC1(C)C. The highest BCUT2D eigenvalue weighted by molar-refractivity contribution is 6.62. The van der Waals surface area contributed by atoms with Crippen molar-refractivity contribution in [3.05, 3.63) is 18.0 Å². The summed E-state index contributed by atoms with van der Waals surface area (Å²) in [5.41, 5.74) is 0.215. The summed E-state index contributed by atoms with van der Waals surface area (Å²) in [6, 6.07) is 1.56. The van der Waals surface area contributed by atoms with Gasteiger partial charge in [-0.25, -0.2) is 0 Å². The first kappa shape index (κ1) is 15.7. The van der Waals surface area contributed by atoms with Crippen molar-refractivity contribution in [2.24, 2.45) is 0 Å². The Morgan fingerprint density at radius 2 is 1.82 bits per heavy atom. The molecule has 0 unspecified atom stereocenters. The second-order valence-electron chi connectivity index (χ2n) is 6.89. The van der Waals surface area contributed by atoms with Gasteiger partial charge in [0.2, 0.25) is 0 Å². The highest BCUT2D eigenvalue weighted by atomic mass is 19.3. The molecule has 1 saturated heterocycles. The summed E-state index contributed by atoms with van der Waals surface area (Å²) < 4.78 is 41.7. The van der Waals surface area contributed by atoms with E-state index in [4.69, 9.17) is 9.31 Å². The first-order valence-electron chi connectivity index (χ1n) is 7.50. The Kier molecular flexibility index (Phi) is 3.68. The molecule has 120 valence electrons. The van der Waals surface area contributed by atoms with Gasteiger partial charge in [0.1, 0.15) is 5.75 Å². The van der Waals surface area contributed by atoms with Gasteiger partial charge in [-0.3, -0.25) is 4.98 Å². The van der Waals surface area contributed by atoms with Gasteiger partial charge in [-0.1, -0.05) is 0 Å². The zero-order valence-electron chi connectivity index (χ0n) is 13.2. The first-order valence-corrected chi connectivity index (χ1v) is 7.50. The third kappa shape index (κ3) is 2.84. The Hall–Kier alpha value is -1.21. The highest BCUT2D eigenvalue weighted by Gasteiger charge is 2.52. The van der Waals surface area contributed by atoms with Gasteiger partial charge < -0.3 is 14.0 Å². The molecule has 0 atom stereocenters. The van der Waals surface area contributed by atoms with E-state index < -0.39 is 24.9 Å². The summed E-state index contributed by atoms with van der Waals surface area (Å²) in [6.45, 7) is 4.89. The molecule has 0 spiro atoms. The maximum atomic E-state index is 12.6. The smallest absolute Gasteiger partial charge is 0.433 e. The van der Waals surface area contributed by atoms with Crippen molar-refractivity contribution in [1.29, 1.82) is 0 Å². The number of ether oxygens (including phenoxy) is 1. The summed E-state index contributed by atoms with van der Waals surface area (Å²) in [5, 5.41) is 0. The van der Waals surface area contributed by atoms with Crippen LogP contribution in [0.3, 0.4) is 0 Å². The van der Waals surface area contributed by atoms with Crippen LogP contribution in [0.15, 0.2) is 12.3 Å². The van der Waals surface area contributed by atoms with Crippen molar-refractivity contribution in [3.63, 3.8) is 0 Å². The number of nitrogens with zero attached hydrogens (tertiary/aromatic N) is 1. The fourth-order valence-corrected chi connectivity index (χ4v) is 2.43. The molecule has 2 heterocycles. The van der Waals surface area contributed by atoms with Crippen molar-refractivity contribution in [2.45, 2.75) is 64.3 Å². The first-order chi connectivity index (χ1) is 10.2. The van der Waals surface area contributed by atoms with E-state index in [1.807, 2.05) is 27.7 Å². The molecule has 0 aromatic carbocycles. The van der Waals surface area contributed by atoms with Gasteiger partial charge in [0.25, 0.3) is 0 Å². The molecule has 0 radical (unpaired) electrons. The molecule has 0 bridgehead atoms. The number of pyridine rings is 1. The molecule has 1 aromatic rings. The van der Waals surface area contributed by atoms with Crippen molar-refractivity contribution < 1.29 is 22.8 Å². The van der Waals surface area contributed by atoms with E-state index in [2.05, 4.69) is 9.72 Å². The van der Waals surface area contributed by atoms with Crippen LogP contribution in [-0.2, 0) is 9.31 Å². The lowest BCUT2D eigenvalue weighted by Gasteiger charge is -2.32. The van der Waals surface area contributed by atoms with Crippen LogP contribution < -0.4 is 10.2 Å². The van der Waals surface area contributed by atoms with E-state index in [0.29, 0.717) is 11.2 Å². The minimum absolute atomic E-state index is 0.129. The lowest BCUT2D eigenvalue weighted by Crippen LogP contribution is -2.41. The van der Waals surface area contributed by atoms with Gasteiger partial charge in [0.05, 0.1) is 16.9 Å². The fourth-order valence-electron chi connectivity index (χ4n) is 2.43. The lowest BCUT2D eigenvalue weighted by atomic mass is 9.80. The monoisotopic (exact) mass is 311 g/mol. The van der Waals surface area contributed by atoms with Crippen LogP contribution >= 0.6 is 0 Å². The topological polar surface area (TPSA) is 40.6 Å². The summed E-state index contributed by atoms with van der Waals surface area (Å²) in [6.07, 6.45) is 3.55. The number of hydrogen-bond acceptors (Lipinski definition) is 4. The standard InChI is InChI=1S/C15H20BF2NO3/c1-14(2)15(3,4)22-16(21-14)10-7-11(20-13(17)18)12(19-8-10)9-5-6-9/h7-9,13H,5-6H2,1-4H3. The molecule has 2 fully saturated rings. The Labute approximate surface area is 129 Å². The van der Waals surface area contributed by atoms with E-state index in [-0.39, 0.29) is 11.7 Å². The molecule has 0 amide bonds. The zero-order valence-corrected chi connectivity index (χ0v) is 13.2. The summed E-state index contributed by atoms with van der Waals surface area (Å²) in [4.78, 5) is 4.32. The molecule has 22 heavy (non-hydrogen) atoms. The Bertz CT molecular complexity index is 560. The molecule has 2 aliphatic rings. The Morgan fingerprint density at radius 1 is 1.23 bits per heavy atom. The van der Waals surface area contributed by atoms with Crippen LogP contribution in [-0.4, -0.2) is 29.9 Å². The summed E-state index contributed by atoms with van der Waals surface area (Å²) in [7, 11) is -0.634. The van der Waals surface area contributed by atoms with E-state index in [1.54, 1.807) is 12.3 Å². The van der Waals surface area contributed by atoms with E-state index in [0.717, 1.165) is 12.8 Å². The second kappa shape index (κ2) is 5.16. The normalized spacial score (nSPS) is 23.1. The Balaban J connectivity index is 1.89. The van der Waals surface area contributed by atoms with Gasteiger partial charge >= 0.3 is 13.7 Å². The molecule has 1 aliphatic heterocycles. The maximum absolute atomic E-state index is 12.6. The molecular formula is C15H20BF2NO3. The Morgan fingerprint density at radius 3 is 2.32 bits per heavy atom. The van der Waals surface area contributed by atoms with E-state index in [1.165, 1.54) is 0 Å². The number of aromatic nitrogens is 1. The molecule has 1 aliphatic carbocycles. The molecule has 4 nitrogen and oxygen atoms in total. The van der Waals surface area contributed by atoms with Crippen molar-refractivity contribution in [3.8, 4) is 5.75 Å². The maximum Gasteiger partial charge on any atom is 0.496 e. The number of alkyl halides is 2. The van der Waals surface area contributed by atoms with E-state index >= 15 is 0 Å². The zero-order chi connectivity index (χ0) is 16.1. The predicted octanol–water partition coefficient (Wildman–Crippen LogP) is 2.86. The van der Waals surface area contributed by atoms with Gasteiger partial charge in [-0.05, 0) is 46.6 Å². The number of rotatable bonds is 4. The quantitative estimate of drug-likeness (QED) is 0.802. The minimum Gasteiger partial charge on any atom is -0.433 e. The van der Waals surface area contributed by atoms with Crippen molar-refractivity contribution >= 4 is 12.6 Å². The number of hydrogen-bond donors (Lipinski definition) is 0. The fraction of sp³-hybridized carbons (Fsp3) is 0.667. The minimum atomic E-state index is -2.87. The van der Waals surface area contributed by atoms with Gasteiger partial charge in [0, 0.05) is 17.6 Å². The molecule has 3 rings (SSSR count). The molecule has 0 N–H and O–H groups in total. The van der Waals surface area contributed by atoms with Crippen LogP contribution in [0.4, 0.5) is 8.78 Å². The van der Waals surface area contributed by atoms with E-state index in [9.17, 15) is 8.78 Å². The van der Waals surface area contributed by atoms with Gasteiger partial charge in [0.15, 0.2) is 0 Å². The van der Waals surface area contributed by atoms with Gasteiger partial charge in [-0.2, -0.15) is 8.78 Å². The van der Waals surface area contributed by atoms with Gasteiger partial charge in [-0.15, -0.1) is 0 Å². The summed E-state index contributed by atoms with van der Waals surface area (Å²) in [5.74, 6) is 0.353. The average Bonchev–Trinajstić information content (AvgIpc) is 3.17. The predicted molar refractivity (Wildman–Crippen MR) is 78.6 cm³/mol. The van der Waals surface area contributed by atoms with Crippen LogP contribution in [0.2, 0.25) is 0 Å².